The van der Waals surface area contributed by atoms with Crippen molar-refractivity contribution in [2.24, 2.45) is 0 Å². The van der Waals surface area contributed by atoms with Crippen LogP contribution in [0, 0.1) is 13.8 Å². The maximum absolute atomic E-state index is 12.0. The van der Waals surface area contributed by atoms with Gasteiger partial charge in [0.05, 0.1) is 6.42 Å². The highest BCUT2D eigenvalue weighted by atomic mass is 16.2. The maximum Gasteiger partial charge on any atom is 0.228 e. The third kappa shape index (κ3) is 3.76. The summed E-state index contributed by atoms with van der Waals surface area (Å²) in [4.78, 5) is 34.6. The summed E-state index contributed by atoms with van der Waals surface area (Å²) >= 11 is 0. The van der Waals surface area contributed by atoms with Crippen molar-refractivity contribution in [1.82, 2.24) is 5.32 Å². The highest BCUT2D eigenvalue weighted by Gasteiger charge is 2.47. The monoisotopic (exact) mass is 389 g/mol. The van der Waals surface area contributed by atoms with Gasteiger partial charge < -0.3 is 5.32 Å². The van der Waals surface area contributed by atoms with Crippen LogP contribution >= 0.6 is 0 Å². The molecule has 0 radical (unpaired) electrons. The third-order valence-corrected chi connectivity index (χ3v) is 6.59. The average Bonchev–Trinajstić information content (AvgIpc) is 2.96. The second kappa shape index (κ2) is 7.58. The molecule has 1 spiro atoms. The standard InChI is InChI=1S/C14H15NO2.C11H12O/c1-9-3-2-4-10-5-6-14(8-11(9)10)12(16)7-13(17)15-14;1-8-3-2-4-9-5-6-10(12)7-11(8)9/h2-4H,5-8H2,1H3,(H,15,17);2-4H,5-7H2,1H3. The van der Waals surface area contributed by atoms with Gasteiger partial charge in [-0.05, 0) is 66.5 Å². The smallest absolute Gasteiger partial charge is 0.228 e. The van der Waals surface area contributed by atoms with Crippen LogP contribution < -0.4 is 5.32 Å². The van der Waals surface area contributed by atoms with Gasteiger partial charge in [0.15, 0.2) is 5.78 Å². The van der Waals surface area contributed by atoms with E-state index in [-0.39, 0.29) is 18.1 Å². The molecule has 2 aromatic rings. The molecule has 1 fully saturated rings. The fraction of sp³-hybridized carbons (Fsp3) is 0.400. The number of hydrogen-bond acceptors (Lipinski definition) is 3. The molecule has 5 rings (SSSR count). The number of Topliss-reactive ketones (excluding diaryl/α,β-unsaturated/α-hetero) is 2. The fourth-order valence-corrected chi connectivity index (χ4v) is 4.84. The molecule has 4 nitrogen and oxygen atoms in total. The molecule has 0 aromatic heterocycles. The molecule has 1 atom stereocenters. The van der Waals surface area contributed by atoms with E-state index in [0.717, 1.165) is 25.7 Å². The molecule has 1 N–H and O–H groups in total. The minimum absolute atomic E-state index is 0.0568. The topological polar surface area (TPSA) is 63.2 Å². The van der Waals surface area contributed by atoms with Gasteiger partial charge in [0.25, 0.3) is 0 Å². The van der Waals surface area contributed by atoms with Crippen molar-refractivity contribution in [1.29, 1.82) is 0 Å². The molecule has 29 heavy (non-hydrogen) atoms. The molecule has 4 heteroatoms. The number of fused-ring (bicyclic) bond motifs is 2. The van der Waals surface area contributed by atoms with Gasteiger partial charge in [0, 0.05) is 19.3 Å². The summed E-state index contributed by atoms with van der Waals surface area (Å²) in [7, 11) is 0. The van der Waals surface area contributed by atoms with E-state index < -0.39 is 5.54 Å². The van der Waals surface area contributed by atoms with Crippen LogP contribution in [0.1, 0.15) is 52.6 Å². The first kappa shape index (κ1) is 19.6. The fourth-order valence-electron chi connectivity index (χ4n) is 4.84. The maximum atomic E-state index is 12.0. The van der Waals surface area contributed by atoms with E-state index in [0.29, 0.717) is 18.6 Å². The van der Waals surface area contributed by atoms with E-state index in [2.05, 4.69) is 55.6 Å². The van der Waals surface area contributed by atoms with Crippen molar-refractivity contribution >= 4 is 17.5 Å². The number of nitrogens with one attached hydrogen (secondary N) is 1. The second-order valence-corrected chi connectivity index (χ2v) is 8.55. The number of amides is 1. The molecule has 2 aromatic carbocycles. The van der Waals surface area contributed by atoms with E-state index >= 15 is 0 Å². The van der Waals surface area contributed by atoms with Gasteiger partial charge in [0.1, 0.15) is 11.3 Å². The van der Waals surface area contributed by atoms with Crippen LogP contribution in [-0.4, -0.2) is 23.0 Å². The molecule has 0 saturated carbocycles. The van der Waals surface area contributed by atoms with E-state index in [1.807, 2.05) is 0 Å². The van der Waals surface area contributed by atoms with E-state index in [1.165, 1.54) is 33.4 Å². The molecule has 1 aliphatic heterocycles. The summed E-state index contributed by atoms with van der Waals surface area (Å²) in [5, 5.41) is 2.90. The largest absolute Gasteiger partial charge is 0.343 e. The number of carbonyl (C=O) groups excluding carboxylic acids is 3. The Bertz CT molecular complexity index is 1010. The summed E-state index contributed by atoms with van der Waals surface area (Å²) in [6.45, 7) is 4.15. The molecule has 2 aliphatic carbocycles. The molecule has 0 bridgehead atoms. The Balaban J connectivity index is 0.000000150. The highest BCUT2D eigenvalue weighted by molar-refractivity contribution is 6.10. The number of rotatable bonds is 0. The Hall–Kier alpha value is -2.75. The number of hydrogen-bond donors (Lipinski definition) is 1. The van der Waals surface area contributed by atoms with Gasteiger partial charge in [-0.2, -0.15) is 0 Å². The summed E-state index contributed by atoms with van der Waals surface area (Å²) in [5.74, 6) is 0.334. The minimum Gasteiger partial charge on any atom is -0.343 e. The van der Waals surface area contributed by atoms with Crippen LogP contribution in [-0.2, 0) is 40.1 Å². The lowest BCUT2D eigenvalue weighted by Gasteiger charge is -2.34. The first-order valence-corrected chi connectivity index (χ1v) is 10.4. The lowest BCUT2D eigenvalue weighted by molar-refractivity contribution is -0.123. The van der Waals surface area contributed by atoms with Crippen molar-refractivity contribution < 1.29 is 14.4 Å². The Morgan fingerprint density at radius 1 is 0.793 bits per heavy atom. The predicted octanol–water partition coefficient (Wildman–Crippen LogP) is 3.36. The van der Waals surface area contributed by atoms with Gasteiger partial charge in [-0.3, -0.25) is 14.4 Å². The Kier molecular flexibility index (Phi) is 5.12. The molecule has 1 amide bonds. The van der Waals surface area contributed by atoms with Gasteiger partial charge in [-0.25, -0.2) is 0 Å². The molecular formula is C25H27NO3. The quantitative estimate of drug-likeness (QED) is 0.703. The highest BCUT2D eigenvalue weighted by Crippen LogP contribution is 2.34. The summed E-state index contributed by atoms with van der Waals surface area (Å²) in [6, 6.07) is 12.5. The Morgan fingerprint density at radius 3 is 2.10 bits per heavy atom. The lowest BCUT2D eigenvalue weighted by atomic mass is 9.75. The summed E-state index contributed by atoms with van der Waals surface area (Å²) in [5.41, 5.74) is 7.09. The Morgan fingerprint density at radius 2 is 1.45 bits per heavy atom. The second-order valence-electron chi connectivity index (χ2n) is 8.55. The van der Waals surface area contributed by atoms with Gasteiger partial charge in [0.2, 0.25) is 5.91 Å². The molecular weight excluding hydrogens is 362 g/mol. The van der Waals surface area contributed by atoms with Crippen molar-refractivity contribution in [3.8, 4) is 0 Å². The van der Waals surface area contributed by atoms with Gasteiger partial charge >= 0.3 is 0 Å². The molecule has 1 saturated heterocycles. The molecule has 3 aliphatic rings. The SMILES string of the molecule is Cc1cccc2c1CC(=O)CC2.Cc1cccc2c1CC1(CC2)NC(=O)CC1=O. The summed E-state index contributed by atoms with van der Waals surface area (Å²) < 4.78 is 0. The number of aryl methyl sites for hydroxylation is 4. The zero-order valence-electron chi connectivity index (χ0n) is 17.1. The van der Waals surface area contributed by atoms with Gasteiger partial charge in [-0.15, -0.1) is 0 Å². The van der Waals surface area contributed by atoms with Crippen LogP contribution in [0.15, 0.2) is 36.4 Å². The van der Waals surface area contributed by atoms with Crippen LogP contribution in [0.3, 0.4) is 0 Å². The minimum atomic E-state index is -0.601. The molecule has 1 heterocycles. The Labute approximate surface area is 171 Å². The van der Waals surface area contributed by atoms with E-state index in [4.69, 9.17) is 0 Å². The van der Waals surface area contributed by atoms with Crippen molar-refractivity contribution in [3.63, 3.8) is 0 Å². The zero-order chi connectivity index (χ0) is 20.6. The van der Waals surface area contributed by atoms with Crippen LogP contribution in [0.4, 0.5) is 0 Å². The van der Waals surface area contributed by atoms with Crippen molar-refractivity contribution in [2.75, 3.05) is 0 Å². The van der Waals surface area contributed by atoms with Crippen molar-refractivity contribution in [2.45, 2.75) is 64.3 Å². The number of carbonyl (C=O) groups is 3. The molecule has 1 unspecified atom stereocenters. The zero-order valence-corrected chi connectivity index (χ0v) is 17.1. The summed E-state index contributed by atoms with van der Waals surface area (Å²) in [6.07, 6.45) is 4.67. The third-order valence-electron chi connectivity index (χ3n) is 6.59. The van der Waals surface area contributed by atoms with Gasteiger partial charge in [-0.1, -0.05) is 36.4 Å². The number of benzene rings is 2. The normalized spacial score (nSPS) is 22.5. The lowest BCUT2D eigenvalue weighted by Crippen LogP contribution is -2.50. The van der Waals surface area contributed by atoms with Crippen LogP contribution in [0.25, 0.3) is 0 Å². The predicted molar refractivity (Wildman–Crippen MR) is 112 cm³/mol. The first-order valence-electron chi connectivity index (χ1n) is 10.4. The van der Waals surface area contributed by atoms with E-state index in [1.54, 1.807) is 0 Å². The van der Waals surface area contributed by atoms with Crippen LogP contribution in [0.2, 0.25) is 0 Å². The number of ketones is 2. The molecule has 150 valence electrons. The van der Waals surface area contributed by atoms with Crippen LogP contribution in [0.5, 0.6) is 0 Å². The average molecular weight is 389 g/mol. The first-order chi connectivity index (χ1) is 13.9. The van der Waals surface area contributed by atoms with E-state index in [9.17, 15) is 14.4 Å². The van der Waals surface area contributed by atoms with Crippen molar-refractivity contribution in [3.05, 3.63) is 69.8 Å².